The Kier molecular flexibility index (Phi) is 5.30. The number of ketones is 1. The Bertz CT molecular complexity index is 487. The largest absolute Gasteiger partial charge is 0.462 e. The Morgan fingerprint density at radius 2 is 1.79 bits per heavy atom. The number of hydrogen-bond donors (Lipinski definition) is 0. The molecule has 0 N–H and O–H groups in total. The van der Waals surface area contributed by atoms with E-state index >= 15 is 0 Å². The number of aryl methyl sites for hydroxylation is 1. The van der Waals surface area contributed by atoms with Gasteiger partial charge in [0.25, 0.3) is 0 Å². The van der Waals surface area contributed by atoms with E-state index in [0.717, 1.165) is 5.56 Å². The summed E-state index contributed by atoms with van der Waals surface area (Å²) in [5.74, 6) is -0.922. The molecule has 0 amide bonds. The predicted molar refractivity (Wildman–Crippen MR) is 73.9 cm³/mol. The molecule has 0 fully saturated rings. The van der Waals surface area contributed by atoms with Crippen LogP contribution in [0.1, 0.15) is 22.8 Å². The number of nitrogens with zero attached hydrogens (tertiary/aromatic N) is 1. The maximum atomic E-state index is 12.3. The molecule has 0 radical (unpaired) electrons. The molecular weight excluding hydrogens is 242 g/mol. The molecule has 0 saturated carbocycles. The van der Waals surface area contributed by atoms with E-state index in [9.17, 15) is 9.59 Å². The van der Waals surface area contributed by atoms with Gasteiger partial charge in [-0.1, -0.05) is 29.8 Å². The number of esters is 1. The zero-order valence-corrected chi connectivity index (χ0v) is 11.8. The summed E-state index contributed by atoms with van der Waals surface area (Å²) in [7, 11) is 3.50. The average molecular weight is 261 g/mol. The van der Waals surface area contributed by atoms with Gasteiger partial charge in [0.2, 0.25) is 5.78 Å². The Labute approximate surface area is 113 Å². The van der Waals surface area contributed by atoms with E-state index in [1.165, 1.54) is 6.20 Å². The molecule has 19 heavy (non-hydrogen) atoms. The maximum absolute atomic E-state index is 12.3. The summed E-state index contributed by atoms with van der Waals surface area (Å²) in [5, 5.41) is 0. The second-order valence-electron chi connectivity index (χ2n) is 4.42. The molecule has 4 heteroatoms. The minimum atomic E-state index is -0.596. The molecule has 0 heterocycles. The van der Waals surface area contributed by atoms with Gasteiger partial charge in [-0.05, 0) is 13.8 Å². The third-order valence-corrected chi connectivity index (χ3v) is 2.44. The van der Waals surface area contributed by atoms with Gasteiger partial charge in [0.15, 0.2) is 0 Å². The molecule has 0 aliphatic heterocycles. The Balaban J connectivity index is 3.08. The lowest BCUT2D eigenvalue weighted by molar-refractivity contribution is -0.138. The van der Waals surface area contributed by atoms with Crippen LogP contribution in [0.25, 0.3) is 0 Å². The lowest BCUT2D eigenvalue weighted by Gasteiger charge is -2.10. The van der Waals surface area contributed by atoms with E-state index in [-0.39, 0.29) is 18.0 Å². The predicted octanol–water partition coefficient (Wildman–Crippen LogP) is 2.19. The van der Waals surface area contributed by atoms with Gasteiger partial charge in [0.05, 0.1) is 6.61 Å². The van der Waals surface area contributed by atoms with Gasteiger partial charge in [-0.15, -0.1) is 0 Å². The first-order chi connectivity index (χ1) is 8.95. The third kappa shape index (κ3) is 4.25. The summed E-state index contributed by atoms with van der Waals surface area (Å²) >= 11 is 0. The molecule has 0 aromatic heterocycles. The Morgan fingerprint density at radius 1 is 1.21 bits per heavy atom. The van der Waals surface area contributed by atoms with Crippen molar-refractivity contribution in [1.29, 1.82) is 0 Å². The van der Waals surface area contributed by atoms with Gasteiger partial charge in [-0.3, -0.25) is 4.79 Å². The van der Waals surface area contributed by atoms with Gasteiger partial charge < -0.3 is 9.64 Å². The number of carbonyl (C=O) groups excluding carboxylic acids is 2. The average Bonchev–Trinajstić information content (AvgIpc) is 2.36. The Hall–Kier alpha value is -2.10. The maximum Gasteiger partial charge on any atom is 0.343 e. The lowest BCUT2D eigenvalue weighted by Crippen LogP contribution is -2.19. The summed E-state index contributed by atoms with van der Waals surface area (Å²) in [5.41, 5.74) is 1.58. The highest BCUT2D eigenvalue weighted by Crippen LogP contribution is 2.12. The summed E-state index contributed by atoms with van der Waals surface area (Å²) < 4.78 is 4.92. The lowest BCUT2D eigenvalue weighted by atomic mass is 10.0. The van der Waals surface area contributed by atoms with E-state index in [1.807, 2.05) is 19.1 Å². The van der Waals surface area contributed by atoms with Crippen LogP contribution in [0.15, 0.2) is 36.0 Å². The first-order valence-corrected chi connectivity index (χ1v) is 6.12. The first-order valence-electron chi connectivity index (χ1n) is 6.12. The topological polar surface area (TPSA) is 46.6 Å². The van der Waals surface area contributed by atoms with Crippen molar-refractivity contribution >= 4 is 11.8 Å². The highest BCUT2D eigenvalue weighted by Gasteiger charge is 2.21. The molecule has 4 nitrogen and oxygen atoms in total. The molecule has 0 aliphatic carbocycles. The van der Waals surface area contributed by atoms with Gasteiger partial charge in [0, 0.05) is 25.9 Å². The highest BCUT2D eigenvalue weighted by atomic mass is 16.5. The second kappa shape index (κ2) is 6.73. The van der Waals surface area contributed by atoms with Crippen molar-refractivity contribution in [2.75, 3.05) is 20.7 Å². The molecule has 0 spiro atoms. The molecule has 0 bridgehead atoms. The fourth-order valence-electron chi connectivity index (χ4n) is 1.53. The van der Waals surface area contributed by atoms with Crippen molar-refractivity contribution in [3.05, 3.63) is 47.2 Å². The normalized spacial score (nSPS) is 11.1. The van der Waals surface area contributed by atoms with Crippen molar-refractivity contribution in [1.82, 2.24) is 4.90 Å². The number of benzene rings is 1. The molecule has 0 aliphatic rings. The number of rotatable bonds is 5. The second-order valence-corrected chi connectivity index (χ2v) is 4.42. The molecule has 0 unspecified atom stereocenters. The van der Waals surface area contributed by atoms with Crippen molar-refractivity contribution in [2.45, 2.75) is 13.8 Å². The summed E-state index contributed by atoms with van der Waals surface area (Å²) in [6, 6.07) is 7.10. The van der Waals surface area contributed by atoms with Crippen molar-refractivity contribution < 1.29 is 14.3 Å². The quantitative estimate of drug-likeness (QED) is 0.268. The van der Waals surface area contributed by atoms with Gasteiger partial charge in [-0.2, -0.15) is 0 Å². The highest BCUT2D eigenvalue weighted by molar-refractivity contribution is 6.24. The first kappa shape index (κ1) is 15.0. The minimum Gasteiger partial charge on any atom is -0.462 e. The van der Waals surface area contributed by atoms with Crippen molar-refractivity contribution in [3.8, 4) is 0 Å². The van der Waals surface area contributed by atoms with Crippen LogP contribution in [0.3, 0.4) is 0 Å². The van der Waals surface area contributed by atoms with Crippen molar-refractivity contribution in [3.63, 3.8) is 0 Å². The number of carbonyl (C=O) groups is 2. The summed E-state index contributed by atoms with van der Waals surface area (Å²) in [4.78, 5) is 25.8. The molecule has 0 atom stereocenters. The van der Waals surface area contributed by atoms with Gasteiger partial charge >= 0.3 is 5.97 Å². The van der Waals surface area contributed by atoms with E-state index in [4.69, 9.17) is 4.74 Å². The van der Waals surface area contributed by atoms with Crippen LogP contribution in [-0.2, 0) is 9.53 Å². The standard InChI is InChI=1S/C15H19NO3/c1-5-19-15(18)13(10-16(3)4)14(17)12-8-6-11(2)7-9-12/h6-10H,5H2,1-4H3/b13-10-. The van der Waals surface area contributed by atoms with Crippen molar-refractivity contribution in [2.24, 2.45) is 0 Å². The fourth-order valence-corrected chi connectivity index (χ4v) is 1.53. The van der Waals surface area contributed by atoms with E-state index in [0.29, 0.717) is 5.56 Å². The molecule has 0 saturated heterocycles. The van der Waals surface area contributed by atoms with Crippen LogP contribution in [0.4, 0.5) is 0 Å². The van der Waals surface area contributed by atoms with Gasteiger partial charge in [-0.25, -0.2) is 4.79 Å². The van der Waals surface area contributed by atoms with E-state index < -0.39 is 5.97 Å². The van der Waals surface area contributed by atoms with E-state index in [1.54, 1.807) is 38.1 Å². The number of hydrogen-bond acceptors (Lipinski definition) is 4. The van der Waals surface area contributed by atoms with Crippen LogP contribution < -0.4 is 0 Å². The zero-order chi connectivity index (χ0) is 14.4. The molecule has 1 aromatic rings. The van der Waals surface area contributed by atoms with Crippen LogP contribution in [0, 0.1) is 6.92 Å². The zero-order valence-electron chi connectivity index (χ0n) is 11.8. The van der Waals surface area contributed by atoms with Crippen LogP contribution >= 0.6 is 0 Å². The molecule has 102 valence electrons. The number of Topliss-reactive ketones (excluding diaryl/α,β-unsaturated/α-hetero) is 1. The third-order valence-electron chi connectivity index (χ3n) is 2.44. The van der Waals surface area contributed by atoms with Crippen LogP contribution in [0.2, 0.25) is 0 Å². The fraction of sp³-hybridized carbons (Fsp3) is 0.333. The summed E-state index contributed by atoms with van der Waals surface area (Å²) in [6.45, 7) is 3.89. The number of ether oxygens (including phenoxy) is 1. The SMILES string of the molecule is CCOC(=O)/C(=C\N(C)C)C(=O)c1ccc(C)cc1. The van der Waals surface area contributed by atoms with Gasteiger partial charge in [0.1, 0.15) is 5.57 Å². The van der Waals surface area contributed by atoms with Crippen LogP contribution in [0.5, 0.6) is 0 Å². The smallest absolute Gasteiger partial charge is 0.343 e. The molecular formula is C15H19NO3. The molecule has 1 rings (SSSR count). The molecule has 1 aromatic carbocycles. The minimum absolute atomic E-state index is 0.0377. The van der Waals surface area contributed by atoms with Crippen LogP contribution in [-0.4, -0.2) is 37.4 Å². The van der Waals surface area contributed by atoms with E-state index in [2.05, 4.69) is 0 Å². The Morgan fingerprint density at radius 3 is 2.26 bits per heavy atom. The summed E-state index contributed by atoms with van der Waals surface area (Å²) in [6.07, 6.45) is 1.49. The monoisotopic (exact) mass is 261 g/mol.